The van der Waals surface area contributed by atoms with Gasteiger partial charge in [-0.3, -0.25) is 9.88 Å². The van der Waals surface area contributed by atoms with E-state index < -0.39 is 0 Å². The van der Waals surface area contributed by atoms with E-state index in [2.05, 4.69) is 41.3 Å². The van der Waals surface area contributed by atoms with E-state index in [1.807, 2.05) is 13.0 Å². The van der Waals surface area contributed by atoms with Gasteiger partial charge in [-0.15, -0.1) is 0 Å². The van der Waals surface area contributed by atoms with E-state index in [0.717, 1.165) is 37.6 Å². The van der Waals surface area contributed by atoms with E-state index in [1.54, 1.807) is 0 Å². The summed E-state index contributed by atoms with van der Waals surface area (Å²) >= 11 is 0. The third-order valence-corrected chi connectivity index (χ3v) is 3.01. The number of hydrogen-bond donors (Lipinski definition) is 1. The number of pyridine rings is 1. The molecule has 0 fully saturated rings. The minimum atomic E-state index is 0.929. The zero-order valence-corrected chi connectivity index (χ0v) is 12.1. The van der Waals surface area contributed by atoms with Crippen LogP contribution in [0, 0.1) is 6.92 Å². The highest BCUT2D eigenvalue weighted by atomic mass is 15.1. The third kappa shape index (κ3) is 6.72. The predicted molar refractivity (Wildman–Crippen MR) is 77.7 cm³/mol. The lowest BCUT2D eigenvalue weighted by Gasteiger charge is -2.16. The van der Waals surface area contributed by atoms with Crippen molar-refractivity contribution in [2.75, 3.05) is 26.7 Å². The minimum Gasteiger partial charge on any atom is -0.315 e. The number of aryl methyl sites for hydroxylation is 1. The normalized spacial score (nSPS) is 11.1. The van der Waals surface area contributed by atoms with E-state index >= 15 is 0 Å². The average molecular weight is 249 g/mol. The summed E-state index contributed by atoms with van der Waals surface area (Å²) in [4.78, 5) is 6.83. The molecule has 1 aromatic heterocycles. The van der Waals surface area contributed by atoms with Crippen LogP contribution in [0.1, 0.15) is 37.6 Å². The molecule has 102 valence electrons. The fourth-order valence-electron chi connectivity index (χ4n) is 1.94. The topological polar surface area (TPSA) is 28.2 Å². The quantitative estimate of drug-likeness (QED) is 0.682. The van der Waals surface area contributed by atoms with E-state index in [1.165, 1.54) is 19.3 Å². The Morgan fingerprint density at radius 3 is 2.78 bits per heavy atom. The lowest BCUT2D eigenvalue weighted by atomic mass is 10.2. The number of aromatic nitrogens is 1. The number of rotatable bonds is 9. The summed E-state index contributed by atoms with van der Waals surface area (Å²) in [6.45, 7) is 8.48. The van der Waals surface area contributed by atoms with Gasteiger partial charge in [0.2, 0.25) is 0 Å². The van der Waals surface area contributed by atoms with Crippen molar-refractivity contribution in [1.82, 2.24) is 15.2 Å². The molecule has 0 spiro atoms. The van der Waals surface area contributed by atoms with Gasteiger partial charge in [0.25, 0.3) is 0 Å². The maximum absolute atomic E-state index is 4.52. The fourth-order valence-corrected chi connectivity index (χ4v) is 1.94. The van der Waals surface area contributed by atoms with Gasteiger partial charge >= 0.3 is 0 Å². The monoisotopic (exact) mass is 249 g/mol. The second kappa shape index (κ2) is 9.06. The molecule has 0 saturated heterocycles. The van der Waals surface area contributed by atoms with Gasteiger partial charge < -0.3 is 5.32 Å². The van der Waals surface area contributed by atoms with Crippen LogP contribution in [0.2, 0.25) is 0 Å². The Hall–Kier alpha value is -0.930. The van der Waals surface area contributed by atoms with Crippen molar-refractivity contribution in [3.8, 4) is 0 Å². The summed E-state index contributed by atoms with van der Waals surface area (Å²) in [5, 5.41) is 3.49. The summed E-state index contributed by atoms with van der Waals surface area (Å²) in [7, 11) is 2.15. The third-order valence-electron chi connectivity index (χ3n) is 3.01. The second-order valence-electron chi connectivity index (χ2n) is 4.97. The second-order valence-corrected chi connectivity index (χ2v) is 4.97. The molecule has 0 unspecified atom stereocenters. The van der Waals surface area contributed by atoms with Crippen molar-refractivity contribution in [3.05, 3.63) is 29.6 Å². The van der Waals surface area contributed by atoms with Gasteiger partial charge in [-0.05, 0) is 39.1 Å². The highest BCUT2D eigenvalue weighted by Crippen LogP contribution is 2.01. The maximum atomic E-state index is 4.52. The zero-order valence-electron chi connectivity index (χ0n) is 12.1. The predicted octanol–water partition coefficient (Wildman–Crippen LogP) is 2.60. The molecule has 0 aliphatic rings. The van der Waals surface area contributed by atoms with Crippen molar-refractivity contribution in [2.24, 2.45) is 0 Å². The van der Waals surface area contributed by atoms with E-state index in [-0.39, 0.29) is 0 Å². The van der Waals surface area contributed by atoms with Crippen LogP contribution in [0.15, 0.2) is 18.2 Å². The van der Waals surface area contributed by atoms with Gasteiger partial charge in [0.05, 0.1) is 5.69 Å². The smallest absolute Gasteiger partial charge is 0.0547 e. The van der Waals surface area contributed by atoms with Gasteiger partial charge in [0.1, 0.15) is 0 Å². The van der Waals surface area contributed by atoms with Gasteiger partial charge in [0, 0.05) is 25.3 Å². The molecule has 0 aliphatic heterocycles. The number of hydrogen-bond acceptors (Lipinski definition) is 3. The standard InChI is InChI=1S/C15H27N3/c1-4-5-6-10-16-11-12-18(3)13-15-9-7-8-14(2)17-15/h7-9,16H,4-6,10-13H2,1-3H3. The molecule has 0 aliphatic carbocycles. The Morgan fingerprint density at radius 1 is 1.22 bits per heavy atom. The van der Waals surface area contributed by atoms with Crippen LogP contribution in [0.5, 0.6) is 0 Å². The summed E-state index contributed by atoms with van der Waals surface area (Å²) in [6.07, 6.45) is 3.91. The van der Waals surface area contributed by atoms with Crippen LogP contribution in [-0.4, -0.2) is 36.6 Å². The van der Waals surface area contributed by atoms with E-state index in [0.29, 0.717) is 0 Å². The lowest BCUT2D eigenvalue weighted by Crippen LogP contribution is -2.29. The molecule has 3 heteroatoms. The Kier molecular flexibility index (Phi) is 7.62. The number of unbranched alkanes of at least 4 members (excludes halogenated alkanes) is 2. The largest absolute Gasteiger partial charge is 0.315 e. The Bertz CT molecular complexity index is 325. The Balaban J connectivity index is 2.12. The van der Waals surface area contributed by atoms with Crippen LogP contribution in [0.25, 0.3) is 0 Å². The maximum Gasteiger partial charge on any atom is 0.0547 e. The number of nitrogens with one attached hydrogen (secondary N) is 1. The summed E-state index contributed by atoms with van der Waals surface area (Å²) in [5.41, 5.74) is 2.25. The summed E-state index contributed by atoms with van der Waals surface area (Å²) < 4.78 is 0. The molecule has 0 aromatic carbocycles. The highest BCUT2D eigenvalue weighted by Gasteiger charge is 2.01. The molecule has 1 rings (SSSR count). The van der Waals surface area contributed by atoms with Crippen molar-refractivity contribution in [1.29, 1.82) is 0 Å². The molecule has 0 saturated carbocycles. The van der Waals surface area contributed by atoms with Crippen molar-refractivity contribution in [2.45, 2.75) is 39.7 Å². The van der Waals surface area contributed by atoms with Crippen molar-refractivity contribution >= 4 is 0 Å². The first-order chi connectivity index (χ1) is 8.72. The first kappa shape index (κ1) is 15.1. The number of nitrogens with zero attached hydrogens (tertiary/aromatic N) is 2. The molecule has 0 amide bonds. The Morgan fingerprint density at radius 2 is 2.06 bits per heavy atom. The molecule has 1 heterocycles. The van der Waals surface area contributed by atoms with Gasteiger partial charge in [-0.2, -0.15) is 0 Å². The van der Waals surface area contributed by atoms with Crippen LogP contribution in [0.4, 0.5) is 0 Å². The van der Waals surface area contributed by atoms with Gasteiger partial charge in [-0.1, -0.05) is 25.8 Å². The molecule has 0 radical (unpaired) electrons. The minimum absolute atomic E-state index is 0.929. The first-order valence-electron chi connectivity index (χ1n) is 7.04. The van der Waals surface area contributed by atoms with Gasteiger partial charge in [0.15, 0.2) is 0 Å². The number of likely N-dealkylation sites (N-methyl/N-ethyl adjacent to an activating group) is 1. The molecule has 18 heavy (non-hydrogen) atoms. The molecule has 1 aromatic rings. The summed E-state index contributed by atoms with van der Waals surface area (Å²) in [5.74, 6) is 0. The molecule has 0 atom stereocenters. The van der Waals surface area contributed by atoms with Crippen molar-refractivity contribution in [3.63, 3.8) is 0 Å². The molecular formula is C15H27N3. The summed E-state index contributed by atoms with van der Waals surface area (Å²) in [6, 6.07) is 6.21. The molecule has 3 nitrogen and oxygen atoms in total. The van der Waals surface area contributed by atoms with Crippen LogP contribution in [0.3, 0.4) is 0 Å². The highest BCUT2D eigenvalue weighted by molar-refractivity contribution is 5.09. The first-order valence-corrected chi connectivity index (χ1v) is 7.04. The van der Waals surface area contributed by atoms with Gasteiger partial charge in [-0.25, -0.2) is 0 Å². The molecular weight excluding hydrogens is 222 g/mol. The van der Waals surface area contributed by atoms with Crippen molar-refractivity contribution < 1.29 is 0 Å². The molecule has 1 N–H and O–H groups in total. The SMILES string of the molecule is CCCCCNCCN(C)Cc1cccc(C)n1. The Labute approximate surface area is 112 Å². The lowest BCUT2D eigenvalue weighted by molar-refractivity contribution is 0.320. The molecule has 0 bridgehead atoms. The van der Waals surface area contributed by atoms with Crippen LogP contribution < -0.4 is 5.32 Å². The van der Waals surface area contributed by atoms with Crippen LogP contribution in [-0.2, 0) is 6.54 Å². The van der Waals surface area contributed by atoms with E-state index in [4.69, 9.17) is 0 Å². The fraction of sp³-hybridized carbons (Fsp3) is 0.667. The van der Waals surface area contributed by atoms with E-state index in [9.17, 15) is 0 Å². The average Bonchev–Trinajstić information content (AvgIpc) is 2.33. The van der Waals surface area contributed by atoms with Crippen LogP contribution >= 0.6 is 0 Å². The zero-order chi connectivity index (χ0) is 13.2.